The normalized spacial score (nSPS) is 18.4. The number of rotatable bonds is 2. The molecule has 1 fully saturated rings. The molecule has 0 bridgehead atoms. The van der Waals surface area contributed by atoms with Crippen LogP contribution in [0, 0.1) is 5.92 Å². The van der Waals surface area contributed by atoms with Gasteiger partial charge in [-0.3, -0.25) is 0 Å². The predicted octanol–water partition coefficient (Wildman–Crippen LogP) is 1.41. The molecule has 2 rings (SSSR count). The van der Waals surface area contributed by atoms with Gasteiger partial charge >= 0.3 is 0 Å². The Bertz CT molecular complexity index is 411. The Labute approximate surface area is 101 Å². The van der Waals surface area contributed by atoms with Crippen LogP contribution in [0.4, 0.5) is 5.82 Å². The Morgan fingerprint density at radius 3 is 2.88 bits per heavy atom. The first kappa shape index (κ1) is 11.7. The molecule has 0 amide bonds. The van der Waals surface area contributed by atoms with Gasteiger partial charge in [-0.15, -0.1) is 0 Å². The summed E-state index contributed by atoms with van der Waals surface area (Å²) < 4.78 is 0. The fourth-order valence-electron chi connectivity index (χ4n) is 2.12. The third kappa shape index (κ3) is 2.49. The molecule has 0 saturated carbocycles. The molecule has 0 atom stereocenters. The smallest absolute Gasteiger partial charge is 0.173 e. The van der Waals surface area contributed by atoms with Crippen LogP contribution in [0.5, 0.6) is 0 Å². The van der Waals surface area contributed by atoms with E-state index in [1.165, 1.54) is 0 Å². The van der Waals surface area contributed by atoms with Crippen LogP contribution in [-0.2, 0) is 0 Å². The lowest BCUT2D eigenvalue weighted by atomic mass is 9.99. The Kier molecular flexibility index (Phi) is 3.46. The van der Waals surface area contributed by atoms with E-state index in [1.807, 2.05) is 6.07 Å². The number of anilines is 1. The number of oxime groups is 1. The number of pyridine rings is 1. The van der Waals surface area contributed by atoms with Crippen molar-refractivity contribution in [3.05, 3.63) is 23.9 Å². The summed E-state index contributed by atoms with van der Waals surface area (Å²) in [5, 5.41) is 11.8. The van der Waals surface area contributed by atoms with E-state index in [0.717, 1.165) is 37.7 Å². The third-order valence-corrected chi connectivity index (χ3v) is 3.25. The van der Waals surface area contributed by atoms with Crippen molar-refractivity contribution in [3.8, 4) is 0 Å². The zero-order valence-corrected chi connectivity index (χ0v) is 10.0. The minimum atomic E-state index is 0.117. The molecule has 1 aliphatic rings. The first-order valence-electron chi connectivity index (χ1n) is 5.90. The Morgan fingerprint density at radius 2 is 2.24 bits per heavy atom. The van der Waals surface area contributed by atoms with Crippen molar-refractivity contribution >= 4 is 11.7 Å². The summed E-state index contributed by atoms with van der Waals surface area (Å²) in [6.07, 6.45) is 4.06. The lowest BCUT2D eigenvalue weighted by Gasteiger charge is -2.32. The fourth-order valence-corrected chi connectivity index (χ4v) is 2.12. The van der Waals surface area contributed by atoms with Crippen LogP contribution in [0.25, 0.3) is 0 Å². The molecule has 1 saturated heterocycles. The minimum Gasteiger partial charge on any atom is -0.409 e. The van der Waals surface area contributed by atoms with E-state index in [1.54, 1.807) is 12.3 Å². The molecule has 0 aromatic carbocycles. The second kappa shape index (κ2) is 5.03. The van der Waals surface area contributed by atoms with Gasteiger partial charge in [0.15, 0.2) is 5.84 Å². The molecule has 0 aliphatic carbocycles. The molecule has 3 N–H and O–H groups in total. The van der Waals surface area contributed by atoms with Gasteiger partial charge in [0, 0.05) is 19.3 Å². The summed E-state index contributed by atoms with van der Waals surface area (Å²) in [6, 6.07) is 3.62. The van der Waals surface area contributed by atoms with E-state index in [0.29, 0.717) is 5.56 Å². The monoisotopic (exact) mass is 234 g/mol. The topological polar surface area (TPSA) is 74.7 Å². The highest BCUT2D eigenvalue weighted by molar-refractivity contribution is 6.01. The van der Waals surface area contributed by atoms with E-state index < -0.39 is 0 Å². The van der Waals surface area contributed by atoms with Crippen molar-refractivity contribution in [2.45, 2.75) is 19.8 Å². The Hall–Kier alpha value is -1.78. The molecule has 0 spiro atoms. The number of amidine groups is 1. The molecule has 5 nitrogen and oxygen atoms in total. The van der Waals surface area contributed by atoms with Crippen LogP contribution in [0.3, 0.4) is 0 Å². The second-order valence-electron chi connectivity index (χ2n) is 4.53. The highest BCUT2D eigenvalue weighted by atomic mass is 16.4. The van der Waals surface area contributed by atoms with Crippen LogP contribution < -0.4 is 10.6 Å². The summed E-state index contributed by atoms with van der Waals surface area (Å²) in [5.74, 6) is 1.70. The number of nitrogens with zero attached hydrogens (tertiary/aromatic N) is 3. The molecule has 1 aromatic rings. The zero-order chi connectivity index (χ0) is 12.3. The molecule has 17 heavy (non-hydrogen) atoms. The van der Waals surface area contributed by atoms with E-state index >= 15 is 0 Å². The molecule has 5 heteroatoms. The van der Waals surface area contributed by atoms with Gasteiger partial charge in [0.2, 0.25) is 0 Å². The lowest BCUT2D eigenvalue weighted by Crippen LogP contribution is -2.35. The molecule has 0 unspecified atom stereocenters. The number of piperidine rings is 1. The highest BCUT2D eigenvalue weighted by Crippen LogP contribution is 2.23. The summed E-state index contributed by atoms with van der Waals surface area (Å²) in [6.45, 7) is 4.22. The Balaban J connectivity index is 2.26. The average molecular weight is 234 g/mol. The SMILES string of the molecule is CC1CCN(c2ncccc2/C(N)=N/O)CC1. The van der Waals surface area contributed by atoms with E-state index in [-0.39, 0.29) is 5.84 Å². The van der Waals surface area contributed by atoms with E-state index in [9.17, 15) is 0 Å². The predicted molar refractivity (Wildman–Crippen MR) is 67.4 cm³/mol. The number of aromatic nitrogens is 1. The second-order valence-corrected chi connectivity index (χ2v) is 4.53. The maximum Gasteiger partial charge on any atom is 0.173 e. The molecule has 1 aromatic heterocycles. The van der Waals surface area contributed by atoms with E-state index in [4.69, 9.17) is 10.9 Å². The zero-order valence-electron chi connectivity index (χ0n) is 10.0. The molecule has 2 heterocycles. The fraction of sp³-hybridized carbons (Fsp3) is 0.500. The summed E-state index contributed by atoms with van der Waals surface area (Å²) in [4.78, 5) is 6.55. The van der Waals surface area contributed by atoms with Gasteiger partial charge in [0.25, 0.3) is 0 Å². The summed E-state index contributed by atoms with van der Waals surface area (Å²) in [7, 11) is 0. The van der Waals surface area contributed by atoms with Gasteiger partial charge in [-0.1, -0.05) is 12.1 Å². The highest BCUT2D eigenvalue weighted by Gasteiger charge is 2.20. The van der Waals surface area contributed by atoms with Crippen molar-refractivity contribution in [2.24, 2.45) is 16.8 Å². The van der Waals surface area contributed by atoms with Gasteiger partial charge in [0.1, 0.15) is 5.82 Å². The van der Waals surface area contributed by atoms with Crippen LogP contribution in [0.1, 0.15) is 25.3 Å². The van der Waals surface area contributed by atoms with Crippen molar-refractivity contribution in [1.82, 2.24) is 4.98 Å². The lowest BCUT2D eigenvalue weighted by molar-refractivity contribution is 0.318. The van der Waals surface area contributed by atoms with Gasteiger partial charge in [-0.25, -0.2) is 4.98 Å². The quantitative estimate of drug-likeness (QED) is 0.351. The number of nitrogens with two attached hydrogens (primary N) is 1. The van der Waals surface area contributed by atoms with Crippen LogP contribution in [-0.4, -0.2) is 29.1 Å². The van der Waals surface area contributed by atoms with Crippen molar-refractivity contribution in [2.75, 3.05) is 18.0 Å². The molecule has 1 aliphatic heterocycles. The van der Waals surface area contributed by atoms with Crippen molar-refractivity contribution < 1.29 is 5.21 Å². The summed E-state index contributed by atoms with van der Waals surface area (Å²) in [5.41, 5.74) is 6.36. The third-order valence-electron chi connectivity index (χ3n) is 3.25. The van der Waals surface area contributed by atoms with Gasteiger partial charge < -0.3 is 15.8 Å². The molecule has 0 radical (unpaired) electrons. The maximum atomic E-state index is 8.77. The summed E-state index contributed by atoms with van der Waals surface area (Å²) >= 11 is 0. The minimum absolute atomic E-state index is 0.117. The standard InChI is InChI=1S/C12H18N4O/c1-9-4-7-16(8-5-9)12-10(11(13)15-17)3-2-6-14-12/h2-3,6,9,17H,4-5,7-8H2,1H3,(H2,13,15). The maximum absolute atomic E-state index is 8.77. The van der Waals surface area contributed by atoms with E-state index in [2.05, 4.69) is 22.0 Å². The van der Waals surface area contributed by atoms with Crippen molar-refractivity contribution in [1.29, 1.82) is 0 Å². The first-order chi connectivity index (χ1) is 8.22. The van der Waals surface area contributed by atoms with Crippen LogP contribution in [0.15, 0.2) is 23.5 Å². The first-order valence-corrected chi connectivity index (χ1v) is 5.90. The van der Waals surface area contributed by atoms with Gasteiger partial charge in [-0.05, 0) is 30.9 Å². The van der Waals surface area contributed by atoms with Crippen LogP contribution >= 0.6 is 0 Å². The van der Waals surface area contributed by atoms with Gasteiger partial charge in [0.05, 0.1) is 5.56 Å². The number of hydrogen-bond acceptors (Lipinski definition) is 4. The molecular weight excluding hydrogens is 216 g/mol. The van der Waals surface area contributed by atoms with Crippen LogP contribution in [0.2, 0.25) is 0 Å². The van der Waals surface area contributed by atoms with Crippen molar-refractivity contribution in [3.63, 3.8) is 0 Å². The van der Waals surface area contributed by atoms with Gasteiger partial charge in [-0.2, -0.15) is 0 Å². The Morgan fingerprint density at radius 1 is 1.53 bits per heavy atom. The largest absolute Gasteiger partial charge is 0.409 e. The molecular formula is C12H18N4O. The average Bonchev–Trinajstić information content (AvgIpc) is 2.39. The molecule has 92 valence electrons. The number of hydrogen-bond donors (Lipinski definition) is 2.